The molecule has 21 heavy (non-hydrogen) atoms. The molecule has 6 nitrogen and oxygen atoms in total. The zero-order valence-corrected chi connectivity index (χ0v) is 13.1. The molecule has 1 heterocycles. The minimum atomic E-state index is 0.632. The Labute approximate surface area is 125 Å². The second-order valence-electron chi connectivity index (χ2n) is 4.80. The molecule has 0 aromatic heterocycles. The van der Waals surface area contributed by atoms with Crippen molar-refractivity contribution in [3.05, 3.63) is 17.7 Å². The number of ether oxygens (including phenoxy) is 3. The Balaban J connectivity index is 2.05. The zero-order chi connectivity index (χ0) is 15.2. The SMILES string of the molecule is COc1ccc(CCNC2=NCCN2C)c(OC)c1OC. The molecule has 0 saturated carbocycles. The van der Waals surface area contributed by atoms with E-state index < -0.39 is 0 Å². The summed E-state index contributed by atoms with van der Waals surface area (Å²) in [6.45, 7) is 2.62. The number of likely N-dealkylation sites (N-methyl/N-ethyl adjacent to an activating group) is 1. The van der Waals surface area contributed by atoms with E-state index in [4.69, 9.17) is 14.2 Å². The third kappa shape index (κ3) is 3.32. The van der Waals surface area contributed by atoms with Crippen LogP contribution in [0, 0.1) is 0 Å². The molecule has 0 aliphatic carbocycles. The lowest BCUT2D eigenvalue weighted by Gasteiger charge is -2.17. The maximum Gasteiger partial charge on any atom is 0.203 e. The Morgan fingerprint density at radius 3 is 2.48 bits per heavy atom. The van der Waals surface area contributed by atoms with E-state index >= 15 is 0 Å². The summed E-state index contributed by atoms with van der Waals surface area (Å²) in [6, 6.07) is 3.90. The molecule has 0 unspecified atom stereocenters. The lowest BCUT2D eigenvalue weighted by molar-refractivity contribution is 0.322. The number of guanidine groups is 1. The van der Waals surface area contributed by atoms with Gasteiger partial charge in [0.05, 0.1) is 27.9 Å². The molecule has 0 bridgehead atoms. The normalized spacial score (nSPS) is 13.9. The van der Waals surface area contributed by atoms with Crippen LogP contribution < -0.4 is 19.5 Å². The number of hydrogen-bond donors (Lipinski definition) is 1. The lowest BCUT2D eigenvalue weighted by atomic mass is 10.1. The summed E-state index contributed by atoms with van der Waals surface area (Å²) in [5, 5.41) is 3.35. The van der Waals surface area contributed by atoms with Crippen LogP contribution in [0.25, 0.3) is 0 Å². The van der Waals surface area contributed by atoms with Crippen molar-refractivity contribution in [2.75, 3.05) is 48.0 Å². The molecule has 1 aromatic carbocycles. The Bertz CT molecular complexity index is 517. The predicted molar refractivity (Wildman–Crippen MR) is 82.7 cm³/mol. The van der Waals surface area contributed by atoms with Gasteiger partial charge in [-0.05, 0) is 12.5 Å². The van der Waals surface area contributed by atoms with Gasteiger partial charge in [0.1, 0.15) is 0 Å². The van der Waals surface area contributed by atoms with Crippen molar-refractivity contribution in [2.24, 2.45) is 4.99 Å². The second-order valence-corrected chi connectivity index (χ2v) is 4.80. The van der Waals surface area contributed by atoms with Gasteiger partial charge in [-0.3, -0.25) is 4.99 Å². The van der Waals surface area contributed by atoms with Gasteiger partial charge in [0.2, 0.25) is 5.75 Å². The van der Waals surface area contributed by atoms with Crippen LogP contribution in [0.2, 0.25) is 0 Å². The van der Waals surface area contributed by atoms with Gasteiger partial charge in [-0.15, -0.1) is 0 Å². The molecule has 0 spiro atoms. The van der Waals surface area contributed by atoms with Gasteiger partial charge in [0.25, 0.3) is 0 Å². The molecule has 2 rings (SSSR count). The van der Waals surface area contributed by atoms with Crippen LogP contribution in [-0.4, -0.2) is 58.9 Å². The van der Waals surface area contributed by atoms with Crippen LogP contribution in [0.5, 0.6) is 17.2 Å². The minimum absolute atomic E-state index is 0.632. The Hall–Kier alpha value is -2.11. The second kappa shape index (κ2) is 7.06. The monoisotopic (exact) mass is 293 g/mol. The van der Waals surface area contributed by atoms with Crippen molar-refractivity contribution in [1.29, 1.82) is 0 Å². The molecule has 1 aromatic rings. The van der Waals surface area contributed by atoms with E-state index in [-0.39, 0.29) is 0 Å². The predicted octanol–water partition coefficient (Wildman–Crippen LogP) is 1.15. The molecule has 0 radical (unpaired) electrons. The number of hydrogen-bond acceptors (Lipinski definition) is 6. The van der Waals surface area contributed by atoms with Gasteiger partial charge in [-0.25, -0.2) is 0 Å². The van der Waals surface area contributed by atoms with Gasteiger partial charge < -0.3 is 24.4 Å². The van der Waals surface area contributed by atoms with E-state index in [9.17, 15) is 0 Å². The summed E-state index contributed by atoms with van der Waals surface area (Å²) in [5.41, 5.74) is 1.07. The van der Waals surface area contributed by atoms with Crippen molar-refractivity contribution in [3.63, 3.8) is 0 Å². The van der Waals surface area contributed by atoms with Crippen molar-refractivity contribution in [2.45, 2.75) is 6.42 Å². The summed E-state index contributed by atoms with van der Waals surface area (Å²) in [5.74, 6) is 2.98. The summed E-state index contributed by atoms with van der Waals surface area (Å²) in [6.07, 6.45) is 0.816. The van der Waals surface area contributed by atoms with Crippen LogP contribution in [0.15, 0.2) is 17.1 Å². The highest BCUT2D eigenvalue weighted by molar-refractivity contribution is 5.81. The third-order valence-electron chi connectivity index (χ3n) is 3.52. The van der Waals surface area contributed by atoms with Gasteiger partial charge >= 0.3 is 0 Å². The molecule has 0 fully saturated rings. The summed E-state index contributed by atoms with van der Waals surface area (Å²) in [7, 11) is 6.91. The van der Waals surface area contributed by atoms with Crippen LogP contribution in [0.3, 0.4) is 0 Å². The maximum absolute atomic E-state index is 5.48. The topological polar surface area (TPSA) is 55.3 Å². The van der Waals surface area contributed by atoms with E-state index in [0.29, 0.717) is 11.5 Å². The number of nitrogens with one attached hydrogen (secondary N) is 1. The van der Waals surface area contributed by atoms with E-state index in [1.54, 1.807) is 21.3 Å². The highest BCUT2D eigenvalue weighted by Gasteiger charge is 2.16. The fourth-order valence-corrected chi connectivity index (χ4v) is 2.39. The quantitative estimate of drug-likeness (QED) is 0.852. The Kier molecular flexibility index (Phi) is 5.14. The van der Waals surface area contributed by atoms with E-state index in [1.807, 2.05) is 19.2 Å². The molecular weight excluding hydrogens is 270 g/mol. The van der Waals surface area contributed by atoms with E-state index in [1.165, 1.54) is 0 Å². The number of methoxy groups -OCH3 is 3. The van der Waals surface area contributed by atoms with Gasteiger partial charge in [-0.1, -0.05) is 6.07 Å². The van der Waals surface area contributed by atoms with Crippen LogP contribution in [-0.2, 0) is 6.42 Å². The molecule has 0 amide bonds. The molecule has 1 aliphatic rings. The highest BCUT2D eigenvalue weighted by Crippen LogP contribution is 2.39. The Morgan fingerprint density at radius 1 is 1.14 bits per heavy atom. The number of rotatable bonds is 6. The smallest absolute Gasteiger partial charge is 0.203 e. The summed E-state index contributed by atoms with van der Waals surface area (Å²) in [4.78, 5) is 6.52. The largest absolute Gasteiger partial charge is 0.493 e. The van der Waals surface area contributed by atoms with E-state index in [0.717, 1.165) is 43.3 Å². The van der Waals surface area contributed by atoms with Gasteiger partial charge in [0, 0.05) is 25.7 Å². The molecule has 1 aliphatic heterocycles. The Morgan fingerprint density at radius 2 is 1.90 bits per heavy atom. The summed E-state index contributed by atoms with van der Waals surface area (Å²) >= 11 is 0. The first-order chi connectivity index (χ1) is 10.2. The first-order valence-corrected chi connectivity index (χ1v) is 6.98. The zero-order valence-electron chi connectivity index (χ0n) is 13.1. The third-order valence-corrected chi connectivity index (χ3v) is 3.52. The fraction of sp³-hybridized carbons (Fsp3) is 0.533. The fourth-order valence-electron chi connectivity index (χ4n) is 2.39. The first-order valence-electron chi connectivity index (χ1n) is 6.98. The summed E-state index contributed by atoms with van der Waals surface area (Å²) < 4.78 is 16.2. The molecule has 6 heteroatoms. The average molecular weight is 293 g/mol. The van der Waals surface area contributed by atoms with E-state index in [2.05, 4.69) is 15.2 Å². The standard InChI is InChI=1S/C15H23N3O3/c1-18-10-9-17-15(18)16-8-7-11-5-6-12(19-2)14(21-4)13(11)20-3/h5-6H,7-10H2,1-4H3,(H,16,17). The van der Waals surface area contributed by atoms with Crippen LogP contribution in [0.1, 0.15) is 5.56 Å². The van der Waals surface area contributed by atoms with Crippen molar-refractivity contribution in [1.82, 2.24) is 10.2 Å². The number of aliphatic imine (C=N–C) groups is 1. The number of nitrogens with zero attached hydrogens (tertiary/aromatic N) is 2. The molecule has 0 atom stereocenters. The average Bonchev–Trinajstić information content (AvgIpc) is 2.91. The lowest BCUT2D eigenvalue weighted by Crippen LogP contribution is -2.36. The van der Waals surface area contributed by atoms with Crippen LogP contribution in [0.4, 0.5) is 0 Å². The molecule has 116 valence electrons. The van der Waals surface area contributed by atoms with Crippen LogP contribution >= 0.6 is 0 Å². The first kappa shape index (κ1) is 15.3. The molecule has 0 saturated heterocycles. The number of benzene rings is 1. The molecular formula is C15H23N3O3. The van der Waals surface area contributed by atoms with Crippen molar-refractivity contribution < 1.29 is 14.2 Å². The minimum Gasteiger partial charge on any atom is -0.493 e. The van der Waals surface area contributed by atoms with Crippen molar-refractivity contribution >= 4 is 5.96 Å². The highest BCUT2D eigenvalue weighted by atomic mass is 16.5. The van der Waals surface area contributed by atoms with Crippen molar-refractivity contribution in [3.8, 4) is 17.2 Å². The van der Waals surface area contributed by atoms with Gasteiger partial charge in [0.15, 0.2) is 17.5 Å². The van der Waals surface area contributed by atoms with Gasteiger partial charge in [-0.2, -0.15) is 0 Å². The maximum atomic E-state index is 5.48. The molecule has 1 N–H and O–H groups in total.